The van der Waals surface area contributed by atoms with E-state index < -0.39 is 0 Å². The monoisotopic (exact) mass is 217 g/mol. The minimum Gasteiger partial charge on any atom is -0.394 e. The van der Waals surface area contributed by atoms with Crippen LogP contribution in [0.15, 0.2) is 18.3 Å². The molecule has 0 radical (unpaired) electrons. The molecule has 1 aromatic rings. The van der Waals surface area contributed by atoms with E-state index in [0.29, 0.717) is 5.69 Å². The van der Waals surface area contributed by atoms with Crippen LogP contribution in [0.3, 0.4) is 0 Å². The maximum Gasteiger partial charge on any atom is 0.142 e. The summed E-state index contributed by atoms with van der Waals surface area (Å²) in [5.74, 6) is 0. The fraction of sp³-hybridized carbons (Fsp3) is 0.500. The maximum atomic E-state index is 9.33. The predicted octanol–water partition coefficient (Wildman–Crippen LogP) is 1.30. The molecule has 1 atom stereocenters. The van der Waals surface area contributed by atoms with Crippen LogP contribution in [0.5, 0.6) is 0 Å². The highest BCUT2D eigenvalue weighted by molar-refractivity contribution is 5.50. The molecule has 16 heavy (non-hydrogen) atoms. The molecule has 0 amide bonds. The van der Waals surface area contributed by atoms with Crippen LogP contribution < -0.4 is 4.90 Å². The highest BCUT2D eigenvalue weighted by Crippen LogP contribution is 2.24. The van der Waals surface area contributed by atoms with Gasteiger partial charge in [0.15, 0.2) is 0 Å². The van der Waals surface area contributed by atoms with Crippen molar-refractivity contribution in [3.8, 4) is 6.07 Å². The van der Waals surface area contributed by atoms with Crippen molar-refractivity contribution in [1.82, 2.24) is 4.98 Å². The van der Waals surface area contributed by atoms with Gasteiger partial charge in [-0.3, -0.25) is 0 Å². The zero-order valence-corrected chi connectivity index (χ0v) is 9.13. The van der Waals surface area contributed by atoms with Crippen LogP contribution >= 0.6 is 0 Å². The van der Waals surface area contributed by atoms with Gasteiger partial charge in [-0.1, -0.05) is 0 Å². The average Bonchev–Trinajstić information content (AvgIpc) is 2.38. The van der Waals surface area contributed by atoms with Crippen molar-refractivity contribution in [3.05, 3.63) is 24.0 Å². The normalized spacial score (nSPS) is 20.5. The molecule has 2 heterocycles. The zero-order chi connectivity index (χ0) is 11.4. The Morgan fingerprint density at radius 3 is 3.19 bits per heavy atom. The molecule has 1 aromatic heterocycles. The highest BCUT2D eigenvalue weighted by Gasteiger charge is 2.21. The number of aromatic nitrogens is 1. The molecule has 2 rings (SSSR count). The van der Waals surface area contributed by atoms with E-state index in [1.807, 2.05) is 12.1 Å². The summed E-state index contributed by atoms with van der Waals surface area (Å²) < 4.78 is 0. The van der Waals surface area contributed by atoms with E-state index >= 15 is 0 Å². The number of piperidine rings is 1. The average molecular weight is 217 g/mol. The molecule has 0 saturated carbocycles. The Morgan fingerprint density at radius 1 is 1.56 bits per heavy atom. The predicted molar refractivity (Wildman–Crippen MR) is 61.0 cm³/mol. The van der Waals surface area contributed by atoms with Gasteiger partial charge in [0.25, 0.3) is 0 Å². The van der Waals surface area contributed by atoms with Crippen molar-refractivity contribution in [1.29, 1.82) is 5.26 Å². The second kappa shape index (κ2) is 4.95. The number of pyridine rings is 1. The SMILES string of the molecule is N#Cc1cc(N2CCCCC2CO)ccn1. The first kappa shape index (κ1) is 10.9. The number of aliphatic hydroxyl groups is 1. The van der Waals surface area contributed by atoms with Crippen molar-refractivity contribution in [3.63, 3.8) is 0 Å². The molecule has 0 bridgehead atoms. The van der Waals surface area contributed by atoms with Gasteiger partial charge in [0.1, 0.15) is 11.8 Å². The van der Waals surface area contributed by atoms with Crippen LogP contribution in [0.2, 0.25) is 0 Å². The molecular weight excluding hydrogens is 202 g/mol. The van der Waals surface area contributed by atoms with Crippen LogP contribution in [-0.4, -0.2) is 29.3 Å². The van der Waals surface area contributed by atoms with Gasteiger partial charge in [-0.25, -0.2) is 4.98 Å². The molecule has 1 saturated heterocycles. The van der Waals surface area contributed by atoms with Gasteiger partial charge in [0.2, 0.25) is 0 Å². The molecule has 0 aliphatic carbocycles. The lowest BCUT2D eigenvalue weighted by atomic mass is 10.0. The van der Waals surface area contributed by atoms with Crippen LogP contribution in [0.1, 0.15) is 25.0 Å². The molecule has 84 valence electrons. The van der Waals surface area contributed by atoms with Crippen molar-refractivity contribution < 1.29 is 5.11 Å². The number of hydrogen-bond donors (Lipinski definition) is 1. The Bertz CT molecular complexity index is 399. The van der Waals surface area contributed by atoms with Crippen molar-refractivity contribution >= 4 is 5.69 Å². The van der Waals surface area contributed by atoms with E-state index in [4.69, 9.17) is 5.26 Å². The third-order valence-electron chi connectivity index (χ3n) is 3.03. The number of aliphatic hydroxyl groups excluding tert-OH is 1. The highest BCUT2D eigenvalue weighted by atomic mass is 16.3. The summed E-state index contributed by atoms with van der Waals surface area (Å²) in [7, 11) is 0. The lowest BCUT2D eigenvalue weighted by Gasteiger charge is -2.36. The van der Waals surface area contributed by atoms with Crippen molar-refractivity contribution in [2.75, 3.05) is 18.1 Å². The molecule has 1 aliphatic heterocycles. The summed E-state index contributed by atoms with van der Waals surface area (Å²) >= 11 is 0. The summed E-state index contributed by atoms with van der Waals surface area (Å²) in [6.07, 6.45) is 4.97. The lowest BCUT2D eigenvalue weighted by molar-refractivity contribution is 0.240. The van der Waals surface area contributed by atoms with Gasteiger partial charge < -0.3 is 10.0 Å². The van der Waals surface area contributed by atoms with Crippen molar-refractivity contribution in [2.45, 2.75) is 25.3 Å². The van der Waals surface area contributed by atoms with Crippen LogP contribution in [0.4, 0.5) is 5.69 Å². The number of nitriles is 1. The number of nitrogens with zero attached hydrogens (tertiary/aromatic N) is 3. The van der Waals surface area contributed by atoms with E-state index in [2.05, 4.69) is 9.88 Å². The van der Waals surface area contributed by atoms with Gasteiger partial charge in [-0.05, 0) is 31.4 Å². The first-order valence-electron chi connectivity index (χ1n) is 5.59. The second-order valence-corrected chi connectivity index (χ2v) is 4.04. The standard InChI is InChI=1S/C12H15N3O/c13-8-10-7-11(4-5-14-10)15-6-2-1-3-12(15)9-16/h4-5,7,12,16H,1-3,6,9H2. The number of rotatable bonds is 2. The molecule has 1 unspecified atom stereocenters. The molecule has 4 heteroatoms. The Labute approximate surface area is 95.1 Å². The topological polar surface area (TPSA) is 60.2 Å². The maximum absolute atomic E-state index is 9.33. The van der Waals surface area contributed by atoms with Crippen LogP contribution in [0.25, 0.3) is 0 Å². The zero-order valence-electron chi connectivity index (χ0n) is 9.13. The smallest absolute Gasteiger partial charge is 0.142 e. The second-order valence-electron chi connectivity index (χ2n) is 4.04. The van der Waals surface area contributed by atoms with Gasteiger partial charge in [-0.15, -0.1) is 0 Å². The molecule has 1 aliphatic rings. The van der Waals surface area contributed by atoms with Gasteiger partial charge in [0, 0.05) is 18.4 Å². The van der Waals surface area contributed by atoms with E-state index in [0.717, 1.165) is 31.5 Å². The summed E-state index contributed by atoms with van der Waals surface area (Å²) in [4.78, 5) is 6.13. The van der Waals surface area contributed by atoms with Crippen LogP contribution in [0, 0.1) is 11.3 Å². The molecule has 4 nitrogen and oxygen atoms in total. The molecule has 0 spiro atoms. The first-order valence-corrected chi connectivity index (χ1v) is 5.59. The number of anilines is 1. The lowest BCUT2D eigenvalue weighted by Crippen LogP contribution is -2.41. The minimum absolute atomic E-state index is 0.171. The Kier molecular flexibility index (Phi) is 3.37. The van der Waals surface area contributed by atoms with E-state index in [9.17, 15) is 5.11 Å². The third-order valence-corrected chi connectivity index (χ3v) is 3.03. The van der Waals surface area contributed by atoms with E-state index in [-0.39, 0.29) is 12.6 Å². The number of hydrogen-bond acceptors (Lipinski definition) is 4. The third kappa shape index (κ3) is 2.15. The Balaban J connectivity index is 2.24. The first-order chi connectivity index (χ1) is 7.85. The Morgan fingerprint density at radius 2 is 2.44 bits per heavy atom. The quantitative estimate of drug-likeness (QED) is 0.811. The minimum atomic E-state index is 0.171. The molecule has 0 aromatic carbocycles. The Hall–Kier alpha value is -1.60. The summed E-state index contributed by atoms with van der Waals surface area (Å²) in [6.45, 7) is 1.12. The largest absolute Gasteiger partial charge is 0.394 e. The fourth-order valence-corrected chi connectivity index (χ4v) is 2.19. The summed E-state index contributed by atoms with van der Waals surface area (Å²) in [5.41, 5.74) is 1.42. The van der Waals surface area contributed by atoms with Gasteiger partial charge in [0.05, 0.1) is 12.6 Å². The van der Waals surface area contributed by atoms with Crippen molar-refractivity contribution in [2.24, 2.45) is 0 Å². The van der Waals surface area contributed by atoms with Crippen LogP contribution in [-0.2, 0) is 0 Å². The molecule has 1 fully saturated rings. The summed E-state index contributed by atoms with van der Waals surface area (Å²) in [6, 6.07) is 5.91. The van der Waals surface area contributed by atoms with Gasteiger partial charge in [-0.2, -0.15) is 5.26 Å². The van der Waals surface area contributed by atoms with Gasteiger partial charge >= 0.3 is 0 Å². The summed E-state index contributed by atoms with van der Waals surface area (Å²) in [5, 5.41) is 18.1. The molecule has 1 N–H and O–H groups in total. The van der Waals surface area contributed by atoms with E-state index in [1.54, 1.807) is 12.3 Å². The van der Waals surface area contributed by atoms with E-state index in [1.165, 1.54) is 0 Å². The fourth-order valence-electron chi connectivity index (χ4n) is 2.19. The molecular formula is C12H15N3O.